The fourth-order valence-corrected chi connectivity index (χ4v) is 7.09. The number of nitrogens with zero attached hydrogens (tertiary/aromatic N) is 4. The molecule has 30 heavy (non-hydrogen) atoms. The van der Waals surface area contributed by atoms with Gasteiger partial charge in [-0.05, 0) is 75.0 Å². The smallest absolute Gasteiger partial charge is 0.270 e. The highest BCUT2D eigenvalue weighted by atomic mass is 16.2. The van der Waals surface area contributed by atoms with Crippen LogP contribution in [0.1, 0.15) is 70.8 Å². The van der Waals surface area contributed by atoms with Crippen molar-refractivity contribution in [1.82, 2.24) is 25.2 Å². The fraction of sp³-hybridized carbons (Fsp3) is 0.522. The lowest BCUT2D eigenvalue weighted by Gasteiger charge is -2.64. The van der Waals surface area contributed by atoms with Gasteiger partial charge in [0.1, 0.15) is 11.5 Å². The summed E-state index contributed by atoms with van der Waals surface area (Å²) in [5.41, 5.74) is 1.80. The Kier molecular flexibility index (Phi) is 3.65. The number of nitrogens with one attached hydrogen (secondary N) is 1. The Bertz CT molecular complexity index is 1050. The summed E-state index contributed by atoms with van der Waals surface area (Å²) in [6.07, 6.45) is 11.2. The van der Waals surface area contributed by atoms with Crippen LogP contribution in [0.3, 0.4) is 0 Å². The lowest BCUT2D eigenvalue weighted by molar-refractivity contribution is -0.0938. The second kappa shape index (κ2) is 6.09. The topological polar surface area (TPSA) is 88.1 Å². The molecule has 4 bridgehead atoms. The Balaban J connectivity index is 1.32. The molecule has 7 heteroatoms. The van der Waals surface area contributed by atoms with Gasteiger partial charge in [0.05, 0.1) is 5.56 Å². The zero-order chi connectivity index (χ0) is 20.5. The van der Waals surface area contributed by atoms with Crippen LogP contribution in [0.25, 0.3) is 0 Å². The number of fused-ring (bicyclic) bond motifs is 1. The Morgan fingerprint density at radius 3 is 2.70 bits per heavy atom. The minimum absolute atomic E-state index is 0.105. The molecule has 4 fully saturated rings. The average Bonchev–Trinajstić information content (AvgIpc) is 3.04. The van der Waals surface area contributed by atoms with Gasteiger partial charge in [-0.3, -0.25) is 14.6 Å². The van der Waals surface area contributed by atoms with Crippen molar-refractivity contribution in [2.24, 2.45) is 11.8 Å². The molecule has 4 saturated carbocycles. The van der Waals surface area contributed by atoms with Crippen LogP contribution in [0.5, 0.6) is 0 Å². The molecule has 1 aliphatic heterocycles. The van der Waals surface area contributed by atoms with E-state index in [2.05, 4.69) is 25.2 Å². The van der Waals surface area contributed by atoms with E-state index in [1.165, 1.54) is 6.42 Å². The average molecular weight is 403 g/mol. The molecular formula is C23H25N5O2. The Morgan fingerprint density at radius 2 is 1.97 bits per heavy atom. The predicted octanol–water partition coefficient (Wildman–Crippen LogP) is 2.66. The molecule has 3 heterocycles. The molecule has 5 aliphatic rings. The normalized spacial score (nSPS) is 33.6. The molecule has 7 nitrogen and oxygen atoms in total. The van der Waals surface area contributed by atoms with E-state index in [-0.39, 0.29) is 22.9 Å². The maximum Gasteiger partial charge on any atom is 0.270 e. The monoisotopic (exact) mass is 403 g/mol. The van der Waals surface area contributed by atoms with Crippen molar-refractivity contribution >= 4 is 11.8 Å². The molecular weight excluding hydrogens is 378 g/mol. The van der Waals surface area contributed by atoms with E-state index in [4.69, 9.17) is 0 Å². The molecule has 0 radical (unpaired) electrons. The summed E-state index contributed by atoms with van der Waals surface area (Å²) in [4.78, 5) is 41.0. The van der Waals surface area contributed by atoms with Crippen LogP contribution in [0.15, 0.2) is 30.7 Å². The Hall–Kier alpha value is -2.83. The molecule has 2 aromatic rings. The van der Waals surface area contributed by atoms with Crippen LogP contribution in [-0.4, -0.2) is 42.7 Å². The number of pyridine rings is 1. The first kappa shape index (κ1) is 18.0. The molecule has 2 atom stereocenters. The van der Waals surface area contributed by atoms with Crippen LogP contribution in [0.2, 0.25) is 0 Å². The van der Waals surface area contributed by atoms with Gasteiger partial charge in [0.15, 0.2) is 0 Å². The van der Waals surface area contributed by atoms with E-state index in [1.54, 1.807) is 31.6 Å². The minimum atomic E-state index is -0.257. The zero-order valence-electron chi connectivity index (χ0n) is 17.1. The van der Waals surface area contributed by atoms with Gasteiger partial charge in [0.25, 0.3) is 11.8 Å². The van der Waals surface area contributed by atoms with Crippen LogP contribution < -0.4 is 5.32 Å². The maximum atomic E-state index is 13.3. The van der Waals surface area contributed by atoms with E-state index < -0.39 is 0 Å². The molecule has 2 aromatic heterocycles. The summed E-state index contributed by atoms with van der Waals surface area (Å²) in [5, 5.41) is 3.37. The first-order valence-electron chi connectivity index (χ1n) is 10.8. The summed E-state index contributed by atoms with van der Waals surface area (Å²) in [7, 11) is 0. The zero-order valence-corrected chi connectivity index (χ0v) is 17.1. The standard InChI is InChI=1S/C23H25N5O2/c1-14-25-5-3-19(26-14)20(29)27-22-7-15-6-16(8-22)10-23(9-15,13-22)28-12-17-2-4-24-11-18(17)21(28)30/h2-5,11,15-16H,6-10,12-13H2,1H3,(H,27,29). The third-order valence-corrected chi connectivity index (χ3v) is 7.71. The highest BCUT2D eigenvalue weighted by molar-refractivity contribution is 5.98. The van der Waals surface area contributed by atoms with Gasteiger partial charge >= 0.3 is 0 Å². The summed E-state index contributed by atoms with van der Waals surface area (Å²) < 4.78 is 0. The van der Waals surface area contributed by atoms with Crippen molar-refractivity contribution in [2.75, 3.05) is 0 Å². The number of rotatable bonds is 3. The molecule has 0 saturated heterocycles. The van der Waals surface area contributed by atoms with Crippen molar-refractivity contribution < 1.29 is 9.59 Å². The second-order valence-corrected chi connectivity index (χ2v) is 9.83. The van der Waals surface area contributed by atoms with Crippen molar-refractivity contribution in [2.45, 2.75) is 63.1 Å². The van der Waals surface area contributed by atoms with Gasteiger partial charge < -0.3 is 10.2 Å². The van der Waals surface area contributed by atoms with Crippen molar-refractivity contribution in [1.29, 1.82) is 0 Å². The Morgan fingerprint density at radius 1 is 1.17 bits per heavy atom. The fourth-order valence-electron chi connectivity index (χ4n) is 7.09. The summed E-state index contributed by atoms with van der Waals surface area (Å²) in [5.74, 6) is 1.67. The van der Waals surface area contributed by atoms with Crippen molar-refractivity contribution in [3.05, 3.63) is 53.4 Å². The number of carbonyl (C=O) groups is 2. The summed E-state index contributed by atoms with van der Waals surface area (Å²) >= 11 is 0. The highest BCUT2D eigenvalue weighted by Crippen LogP contribution is 2.60. The van der Waals surface area contributed by atoms with Gasteiger partial charge in [-0.15, -0.1) is 0 Å². The number of carbonyl (C=O) groups excluding carboxylic acids is 2. The quantitative estimate of drug-likeness (QED) is 0.851. The van der Waals surface area contributed by atoms with Crippen molar-refractivity contribution in [3.8, 4) is 0 Å². The third-order valence-electron chi connectivity index (χ3n) is 7.71. The van der Waals surface area contributed by atoms with E-state index in [0.717, 1.165) is 43.2 Å². The third kappa shape index (κ3) is 2.60. The van der Waals surface area contributed by atoms with Gasteiger partial charge in [0.2, 0.25) is 0 Å². The Labute approximate surface area is 175 Å². The molecule has 2 amide bonds. The van der Waals surface area contributed by atoms with E-state index in [9.17, 15) is 9.59 Å². The molecule has 0 spiro atoms. The first-order chi connectivity index (χ1) is 14.5. The SMILES string of the molecule is Cc1nccc(C(=O)NC23CC4CC(C2)CC(N2Cc5ccncc5C2=O)(C4)C3)n1. The molecule has 0 aromatic carbocycles. The summed E-state index contributed by atoms with van der Waals surface area (Å²) in [6, 6.07) is 3.63. The number of amides is 2. The second-order valence-electron chi connectivity index (χ2n) is 9.83. The first-order valence-corrected chi connectivity index (χ1v) is 10.8. The van der Waals surface area contributed by atoms with Crippen LogP contribution >= 0.6 is 0 Å². The number of hydrogen-bond acceptors (Lipinski definition) is 5. The molecule has 154 valence electrons. The molecule has 1 N–H and O–H groups in total. The number of aryl methyl sites for hydroxylation is 1. The van der Waals surface area contributed by atoms with E-state index in [1.807, 2.05) is 6.07 Å². The minimum Gasteiger partial charge on any atom is -0.345 e. The summed E-state index contributed by atoms with van der Waals surface area (Å²) in [6.45, 7) is 2.45. The molecule has 2 unspecified atom stereocenters. The highest BCUT2D eigenvalue weighted by Gasteiger charge is 2.61. The van der Waals surface area contributed by atoms with Gasteiger partial charge in [-0.1, -0.05) is 0 Å². The van der Waals surface area contributed by atoms with E-state index >= 15 is 0 Å². The van der Waals surface area contributed by atoms with Crippen LogP contribution in [0.4, 0.5) is 0 Å². The van der Waals surface area contributed by atoms with E-state index in [0.29, 0.717) is 29.9 Å². The number of aromatic nitrogens is 3. The van der Waals surface area contributed by atoms with Gasteiger partial charge in [-0.25, -0.2) is 9.97 Å². The van der Waals surface area contributed by atoms with Crippen LogP contribution in [0, 0.1) is 18.8 Å². The lowest BCUT2D eigenvalue weighted by atomic mass is 9.49. The van der Waals surface area contributed by atoms with Crippen molar-refractivity contribution in [3.63, 3.8) is 0 Å². The molecule has 4 aliphatic carbocycles. The van der Waals surface area contributed by atoms with Gasteiger partial charge in [-0.2, -0.15) is 0 Å². The predicted molar refractivity (Wildman–Crippen MR) is 108 cm³/mol. The number of hydrogen-bond donors (Lipinski definition) is 1. The lowest BCUT2D eigenvalue weighted by Crippen LogP contribution is -2.69. The maximum absolute atomic E-state index is 13.3. The molecule has 7 rings (SSSR count). The largest absolute Gasteiger partial charge is 0.345 e. The van der Waals surface area contributed by atoms with Gasteiger partial charge in [0, 0.05) is 36.2 Å². The van der Waals surface area contributed by atoms with Crippen LogP contribution in [-0.2, 0) is 6.54 Å².